The molecular weight excluding hydrogens is 408 g/mol. The second kappa shape index (κ2) is 9.63. The molecule has 2 unspecified atom stereocenters. The Kier molecular flexibility index (Phi) is 6.68. The molecule has 2 fully saturated rings. The topological polar surface area (TPSA) is 71.1 Å². The average Bonchev–Trinajstić information content (AvgIpc) is 3.36. The normalized spacial score (nSPS) is 23.6. The van der Waals surface area contributed by atoms with Crippen molar-refractivity contribution in [2.24, 2.45) is 5.92 Å². The fourth-order valence-corrected chi connectivity index (χ4v) is 4.99. The van der Waals surface area contributed by atoms with Gasteiger partial charge in [0.2, 0.25) is 0 Å². The van der Waals surface area contributed by atoms with Crippen LogP contribution >= 0.6 is 0 Å². The van der Waals surface area contributed by atoms with Crippen LogP contribution in [0.5, 0.6) is 17.2 Å². The summed E-state index contributed by atoms with van der Waals surface area (Å²) in [7, 11) is 3.24. The molecule has 6 nitrogen and oxygen atoms in total. The summed E-state index contributed by atoms with van der Waals surface area (Å²) in [5.41, 5.74) is 0.198. The number of esters is 1. The third-order valence-electron chi connectivity index (χ3n) is 6.69. The standard InChI is InChI=1S/C26H30O6/c1-29-21-13-12-18(23(16-21)30-2)14-15-26(19-8-6-7-9-19)17-22(27)24(25(28)32-26)31-20-10-4-3-5-11-20/h3-5,10-13,16,19,24H,6-9,14-15,17H2,1-2H3. The number of ketones is 1. The number of methoxy groups -OCH3 is 2. The Morgan fingerprint density at radius 3 is 2.38 bits per heavy atom. The Balaban J connectivity index is 1.54. The molecule has 1 saturated carbocycles. The minimum atomic E-state index is -1.21. The first kappa shape index (κ1) is 22.2. The van der Waals surface area contributed by atoms with Gasteiger partial charge in [-0.15, -0.1) is 0 Å². The lowest BCUT2D eigenvalue weighted by molar-refractivity contribution is -0.189. The monoisotopic (exact) mass is 438 g/mol. The summed E-state index contributed by atoms with van der Waals surface area (Å²) in [5.74, 6) is 1.31. The van der Waals surface area contributed by atoms with Gasteiger partial charge < -0.3 is 18.9 Å². The van der Waals surface area contributed by atoms with E-state index >= 15 is 0 Å². The van der Waals surface area contributed by atoms with Gasteiger partial charge in [0.15, 0.2) is 5.78 Å². The van der Waals surface area contributed by atoms with Gasteiger partial charge in [0, 0.05) is 6.07 Å². The first-order valence-corrected chi connectivity index (χ1v) is 11.2. The number of aryl methyl sites for hydroxylation is 1. The molecule has 6 heteroatoms. The maximum atomic E-state index is 13.1. The predicted molar refractivity (Wildman–Crippen MR) is 119 cm³/mol. The third kappa shape index (κ3) is 4.59. The Hall–Kier alpha value is -3.02. The molecule has 2 aromatic rings. The van der Waals surface area contributed by atoms with E-state index in [0.29, 0.717) is 18.6 Å². The summed E-state index contributed by atoms with van der Waals surface area (Å²) in [6, 6.07) is 14.6. The molecule has 0 bridgehead atoms. The lowest BCUT2D eigenvalue weighted by atomic mass is 9.75. The highest BCUT2D eigenvalue weighted by atomic mass is 16.6. The van der Waals surface area contributed by atoms with E-state index in [-0.39, 0.29) is 18.1 Å². The minimum Gasteiger partial charge on any atom is -0.497 e. The van der Waals surface area contributed by atoms with Crippen LogP contribution in [0.4, 0.5) is 0 Å². The van der Waals surface area contributed by atoms with Gasteiger partial charge in [-0.3, -0.25) is 4.79 Å². The molecule has 32 heavy (non-hydrogen) atoms. The molecule has 0 amide bonds. The van der Waals surface area contributed by atoms with Crippen LogP contribution in [0.1, 0.15) is 44.1 Å². The van der Waals surface area contributed by atoms with E-state index in [1.54, 1.807) is 38.5 Å². The molecule has 0 aromatic heterocycles. The van der Waals surface area contributed by atoms with Gasteiger partial charge in [-0.05, 0) is 55.4 Å². The van der Waals surface area contributed by atoms with Crippen LogP contribution in [0.2, 0.25) is 0 Å². The van der Waals surface area contributed by atoms with E-state index in [1.165, 1.54) is 0 Å². The molecule has 0 spiro atoms. The van der Waals surface area contributed by atoms with Crippen molar-refractivity contribution >= 4 is 11.8 Å². The summed E-state index contributed by atoms with van der Waals surface area (Å²) in [5, 5.41) is 0. The second-order valence-electron chi connectivity index (χ2n) is 8.60. The molecule has 2 atom stereocenters. The minimum absolute atomic E-state index is 0.178. The maximum Gasteiger partial charge on any atom is 0.355 e. The van der Waals surface area contributed by atoms with Crippen LogP contribution in [0, 0.1) is 5.92 Å². The molecule has 1 aliphatic heterocycles. The largest absolute Gasteiger partial charge is 0.497 e. The average molecular weight is 439 g/mol. The van der Waals surface area contributed by atoms with Crippen molar-refractivity contribution in [2.45, 2.75) is 56.7 Å². The van der Waals surface area contributed by atoms with Gasteiger partial charge >= 0.3 is 5.97 Å². The van der Waals surface area contributed by atoms with Crippen molar-refractivity contribution in [3.8, 4) is 17.2 Å². The predicted octanol–water partition coefficient (Wildman–Crippen LogP) is 4.53. The van der Waals surface area contributed by atoms with Crippen molar-refractivity contribution in [3.05, 3.63) is 54.1 Å². The molecule has 2 aliphatic rings. The van der Waals surface area contributed by atoms with Crippen LogP contribution in [-0.4, -0.2) is 37.7 Å². The third-order valence-corrected chi connectivity index (χ3v) is 6.69. The number of rotatable bonds is 8. The summed E-state index contributed by atoms with van der Waals surface area (Å²) >= 11 is 0. The van der Waals surface area contributed by atoms with Gasteiger partial charge in [-0.1, -0.05) is 37.1 Å². The van der Waals surface area contributed by atoms with Crippen molar-refractivity contribution in [1.29, 1.82) is 0 Å². The number of carbonyl (C=O) groups is 2. The lowest BCUT2D eigenvalue weighted by Crippen LogP contribution is -2.55. The first-order chi connectivity index (χ1) is 15.5. The Morgan fingerprint density at radius 2 is 1.72 bits per heavy atom. The van der Waals surface area contributed by atoms with Gasteiger partial charge in [0.25, 0.3) is 6.10 Å². The van der Waals surface area contributed by atoms with Crippen LogP contribution in [0.15, 0.2) is 48.5 Å². The van der Waals surface area contributed by atoms with Gasteiger partial charge in [-0.2, -0.15) is 0 Å². The number of Topliss-reactive ketones (excluding diaryl/α,β-unsaturated/α-hetero) is 1. The SMILES string of the molecule is COc1ccc(CCC2(C3CCCC3)CC(=O)C(Oc3ccccc3)C(=O)O2)c(OC)c1. The van der Waals surface area contributed by atoms with E-state index in [4.69, 9.17) is 18.9 Å². The Bertz CT molecular complexity index is 930. The zero-order chi connectivity index (χ0) is 22.6. The van der Waals surface area contributed by atoms with Gasteiger partial charge in [-0.25, -0.2) is 4.79 Å². The molecule has 0 radical (unpaired) electrons. The van der Waals surface area contributed by atoms with Crippen molar-refractivity contribution in [3.63, 3.8) is 0 Å². The number of benzene rings is 2. The zero-order valence-corrected chi connectivity index (χ0v) is 18.7. The number of para-hydroxylation sites is 1. The molecule has 1 aliphatic carbocycles. The van der Waals surface area contributed by atoms with Crippen molar-refractivity contribution in [2.75, 3.05) is 14.2 Å². The lowest BCUT2D eigenvalue weighted by Gasteiger charge is -2.42. The number of cyclic esters (lactones) is 1. The Morgan fingerprint density at radius 1 is 0.969 bits per heavy atom. The number of carbonyl (C=O) groups excluding carboxylic acids is 2. The van der Waals surface area contributed by atoms with Crippen molar-refractivity contribution < 1.29 is 28.5 Å². The van der Waals surface area contributed by atoms with E-state index < -0.39 is 17.7 Å². The number of hydrogen-bond donors (Lipinski definition) is 0. The fourth-order valence-electron chi connectivity index (χ4n) is 4.99. The van der Waals surface area contributed by atoms with E-state index in [9.17, 15) is 9.59 Å². The quantitative estimate of drug-likeness (QED) is 0.446. The van der Waals surface area contributed by atoms with Crippen LogP contribution in [0.25, 0.3) is 0 Å². The highest BCUT2D eigenvalue weighted by Gasteiger charge is 2.52. The van der Waals surface area contributed by atoms with Crippen molar-refractivity contribution in [1.82, 2.24) is 0 Å². The summed E-state index contributed by atoms with van der Waals surface area (Å²) < 4.78 is 22.6. The summed E-state index contributed by atoms with van der Waals surface area (Å²) in [6.45, 7) is 0. The Labute approximate surface area is 188 Å². The molecule has 1 saturated heterocycles. The zero-order valence-electron chi connectivity index (χ0n) is 18.7. The molecule has 170 valence electrons. The van der Waals surface area contributed by atoms with E-state index in [0.717, 1.165) is 42.7 Å². The fraction of sp³-hybridized carbons (Fsp3) is 0.462. The summed E-state index contributed by atoms with van der Waals surface area (Å²) in [6.07, 6.45) is 4.28. The molecule has 1 heterocycles. The number of ether oxygens (including phenoxy) is 4. The molecule has 0 N–H and O–H groups in total. The van der Waals surface area contributed by atoms with Gasteiger partial charge in [0.1, 0.15) is 22.8 Å². The van der Waals surface area contributed by atoms with Crippen LogP contribution < -0.4 is 14.2 Å². The highest BCUT2D eigenvalue weighted by molar-refractivity contribution is 6.04. The van der Waals surface area contributed by atoms with E-state index in [1.807, 2.05) is 24.3 Å². The van der Waals surface area contributed by atoms with Gasteiger partial charge in [0.05, 0.1) is 20.6 Å². The smallest absolute Gasteiger partial charge is 0.355 e. The molecule has 4 rings (SSSR count). The highest BCUT2D eigenvalue weighted by Crippen LogP contribution is 2.44. The number of hydrogen-bond acceptors (Lipinski definition) is 6. The van der Waals surface area contributed by atoms with Crippen LogP contribution in [0.3, 0.4) is 0 Å². The maximum absolute atomic E-state index is 13.1. The van der Waals surface area contributed by atoms with Crippen LogP contribution in [-0.2, 0) is 20.7 Å². The molecule has 2 aromatic carbocycles. The van der Waals surface area contributed by atoms with E-state index in [2.05, 4.69) is 0 Å². The molecular formula is C26H30O6. The second-order valence-corrected chi connectivity index (χ2v) is 8.60. The first-order valence-electron chi connectivity index (χ1n) is 11.2. The summed E-state index contributed by atoms with van der Waals surface area (Å²) in [4.78, 5) is 26.1.